The molecule has 1 amide bonds. The molecule has 1 aliphatic carbocycles. The van der Waals surface area contributed by atoms with E-state index in [4.69, 9.17) is 4.74 Å². The van der Waals surface area contributed by atoms with Crippen molar-refractivity contribution in [3.8, 4) is 0 Å². The van der Waals surface area contributed by atoms with Crippen LogP contribution >= 0.6 is 0 Å². The molecule has 1 heterocycles. The highest BCUT2D eigenvalue weighted by Gasteiger charge is 2.32. The van der Waals surface area contributed by atoms with Gasteiger partial charge in [0.15, 0.2) is 0 Å². The lowest BCUT2D eigenvalue weighted by Gasteiger charge is -2.20. The number of carbonyl (C=O) groups is 1. The summed E-state index contributed by atoms with van der Waals surface area (Å²) in [4.78, 5) is 19.9. The van der Waals surface area contributed by atoms with Gasteiger partial charge in [0, 0.05) is 5.56 Å². The monoisotopic (exact) mass is 265 g/mol. The van der Waals surface area contributed by atoms with E-state index in [0.29, 0.717) is 17.9 Å². The Morgan fingerprint density at radius 1 is 1.47 bits per heavy atom. The molecule has 0 bridgehead atoms. The van der Waals surface area contributed by atoms with Crippen LogP contribution < -0.4 is 5.32 Å². The van der Waals surface area contributed by atoms with Crippen molar-refractivity contribution in [1.29, 1.82) is 0 Å². The Hall–Kier alpha value is -1.69. The summed E-state index contributed by atoms with van der Waals surface area (Å²) in [5.41, 5.74) is 0.820. The number of ether oxygens (including phenoxy) is 1. The number of aliphatic hydroxyl groups is 1. The smallest absolute Gasteiger partial charge is 0.413 e. The van der Waals surface area contributed by atoms with E-state index in [1.54, 1.807) is 20.8 Å². The van der Waals surface area contributed by atoms with Gasteiger partial charge in [-0.15, -0.1) is 0 Å². The summed E-state index contributed by atoms with van der Waals surface area (Å²) >= 11 is 0. The maximum atomic E-state index is 11.8. The molecule has 0 saturated carbocycles. The highest BCUT2D eigenvalue weighted by Crippen LogP contribution is 2.41. The lowest BCUT2D eigenvalue weighted by Crippen LogP contribution is -2.28. The van der Waals surface area contributed by atoms with Crippen LogP contribution in [0, 0.1) is 0 Å². The van der Waals surface area contributed by atoms with Crippen LogP contribution in [-0.4, -0.2) is 26.8 Å². The molecule has 0 fully saturated rings. The summed E-state index contributed by atoms with van der Waals surface area (Å²) in [6, 6.07) is 0. The van der Waals surface area contributed by atoms with Crippen molar-refractivity contribution in [2.24, 2.45) is 0 Å². The van der Waals surface area contributed by atoms with Crippen molar-refractivity contribution < 1.29 is 14.6 Å². The fourth-order valence-corrected chi connectivity index (χ4v) is 2.22. The third-order valence-corrected chi connectivity index (χ3v) is 2.92. The topological polar surface area (TPSA) is 84.3 Å². The van der Waals surface area contributed by atoms with E-state index in [-0.39, 0.29) is 5.92 Å². The first-order valence-electron chi connectivity index (χ1n) is 6.31. The van der Waals surface area contributed by atoms with Crippen molar-refractivity contribution in [3.63, 3.8) is 0 Å². The molecule has 104 valence electrons. The standard InChI is InChI=1S/C13H19N3O3/c1-7-5-8(17)10-9(7)11(15-6-14-10)16-12(18)19-13(2,3)4/h6-8,17H,5H2,1-4H3,(H,14,15,16,18). The zero-order valence-corrected chi connectivity index (χ0v) is 11.6. The number of aliphatic hydroxyl groups excluding tert-OH is 1. The van der Waals surface area contributed by atoms with Crippen molar-refractivity contribution in [3.05, 3.63) is 17.6 Å². The van der Waals surface area contributed by atoms with Crippen LogP contribution in [0.4, 0.5) is 10.6 Å². The Kier molecular flexibility index (Phi) is 3.45. The molecule has 6 heteroatoms. The predicted octanol–water partition coefficient (Wildman–Crippen LogP) is 2.36. The second kappa shape index (κ2) is 4.77. The zero-order chi connectivity index (χ0) is 14.2. The van der Waals surface area contributed by atoms with Gasteiger partial charge in [-0.1, -0.05) is 6.92 Å². The highest BCUT2D eigenvalue weighted by molar-refractivity contribution is 5.85. The number of hydrogen-bond acceptors (Lipinski definition) is 5. The summed E-state index contributed by atoms with van der Waals surface area (Å²) in [5, 5.41) is 12.5. The fraction of sp³-hybridized carbons (Fsp3) is 0.615. The number of aromatic nitrogens is 2. The number of amides is 1. The molecule has 0 radical (unpaired) electrons. The van der Waals surface area contributed by atoms with Crippen LogP contribution in [0.15, 0.2) is 6.33 Å². The number of hydrogen-bond donors (Lipinski definition) is 2. The van der Waals surface area contributed by atoms with Crippen LogP contribution in [0.2, 0.25) is 0 Å². The van der Waals surface area contributed by atoms with Crippen LogP contribution in [0.25, 0.3) is 0 Å². The Morgan fingerprint density at radius 3 is 2.79 bits per heavy atom. The molecular weight excluding hydrogens is 246 g/mol. The predicted molar refractivity (Wildman–Crippen MR) is 69.9 cm³/mol. The van der Waals surface area contributed by atoms with E-state index in [1.165, 1.54) is 6.33 Å². The highest BCUT2D eigenvalue weighted by atomic mass is 16.6. The van der Waals surface area contributed by atoms with E-state index in [2.05, 4.69) is 15.3 Å². The summed E-state index contributed by atoms with van der Waals surface area (Å²) in [7, 11) is 0. The van der Waals surface area contributed by atoms with E-state index in [1.807, 2.05) is 6.92 Å². The summed E-state index contributed by atoms with van der Waals surface area (Å²) in [6.07, 6.45) is 0.790. The van der Waals surface area contributed by atoms with Crippen LogP contribution in [0.3, 0.4) is 0 Å². The van der Waals surface area contributed by atoms with Gasteiger partial charge in [-0.3, -0.25) is 5.32 Å². The molecule has 0 aliphatic heterocycles. The third-order valence-electron chi connectivity index (χ3n) is 2.92. The normalized spacial score (nSPS) is 21.9. The van der Waals surface area contributed by atoms with Crippen LogP contribution in [-0.2, 0) is 4.74 Å². The molecule has 2 N–H and O–H groups in total. The quantitative estimate of drug-likeness (QED) is 0.814. The van der Waals surface area contributed by atoms with Gasteiger partial charge < -0.3 is 9.84 Å². The summed E-state index contributed by atoms with van der Waals surface area (Å²) in [5.74, 6) is 0.527. The first-order chi connectivity index (χ1) is 8.78. The fourth-order valence-electron chi connectivity index (χ4n) is 2.22. The Labute approximate surface area is 112 Å². The SMILES string of the molecule is CC1CC(O)c2ncnc(NC(=O)OC(C)(C)C)c21. The second-order valence-corrected chi connectivity index (χ2v) is 5.80. The van der Waals surface area contributed by atoms with Crippen molar-refractivity contribution in [1.82, 2.24) is 9.97 Å². The average Bonchev–Trinajstić information content (AvgIpc) is 2.53. The Bertz CT molecular complexity index is 496. The minimum Gasteiger partial charge on any atom is -0.444 e. The van der Waals surface area contributed by atoms with Crippen LogP contribution in [0.5, 0.6) is 0 Å². The van der Waals surface area contributed by atoms with Crippen molar-refractivity contribution >= 4 is 11.9 Å². The maximum Gasteiger partial charge on any atom is 0.413 e. The molecule has 0 saturated heterocycles. The van der Waals surface area contributed by atoms with Gasteiger partial charge in [-0.25, -0.2) is 14.8 Å². The molecule has 0 spiro atoms. The largest absolute Gasteiger partial charge is 0.444 e. The number of nitrogens with one attached hydrogen (secondary N) is 1. The Morgan fingerprint density at radius 2 is 2.16 bits per heavy atom. The molecule has 1 aliphatic rings. The van der Waals surface area contributed by atoms with Gasteiger partial charge in [0.2, 0.25) is 0 Å². The maximum absolute atomic E-state index is 11.8. The number of nitrogens with zero attached hydrogens (tertiary/aromatic N) is 2. The van der Waals surface area contributed by atoms with Gasteiger partial charge in [0.1, 0.15) is 17.7 Å². The van der Waals surface area contributed by atoms with Crippen molar-refractivity contribution in [2.45, 2.75) is 51.7 Å². The third kappa shape index (κ3) is 3.01. The van der Waals surface area contributed by atoms with Gasteiger partial charge >= 0.3 is 6.09 Å². The Balaban J connectivity index is 2.21. The molecule has 6 nitrogen and oxygen atoms in total. The van der Waals surface area contributed by atoms with Gasteiger partial charge in [0.25, 0.3) is 0 Å². The summed E-state index contributed by atoms with van der Waals surface area (Å²) < 4.78 is 5.19. The lowest BCUT2D eigenvalue weighted by molar-refractivity contribution is 0.0635. The van der Waals surface area contributed by atoms with Gasteiger partial charge in [-0.05, 0) is 33.1 Å². The minimum atomic E-state index is -0.591. The first kappa shape index (κ1) is 13.7. The lowest BCUT2D eigenvalue weighted by atomic mass is 10.1. The van der Waals surface area contributed by atoms with Crippen molar-refractivity contribution in [2.75, 3.05) is 5.32 Å². The molecule has 2 unspecified atom stereocenters. The number of carbonyl (C=O) groups excluding carboxylic acids is 1. The van der Waals surface area contributed by atoms with E-state index in [0.717, 1.165) is 5.56 Å². The average molecular weight is 265 g/mol. The molecule has 1 aromatic heterocycles. The molecule has 1 aromatic rings. The number of anilines is 1. The van der Waals surface area contributed by atoms with Gasteiger partial charge in [0.05, 0.1) is 11.8 Å². The molecular formula is C13H19N3O3. The van der Waals surface area contributed by atoms with Crippen LogP contribution in [0.1, 0.15) is 57.4 Å². The second-order valence-electron chi connectivity index (χ2n) is 5.80. The number of fused-ring (bicyclic) bond motifs is 1. The molecule has 19 heavy (non-hydrogen) atoms. The first-order valence-corrected chi connectivity index (χ1v) is 6.31. The zero-order valence-electron chi connectivity index (χ0n) is 11.6. The van der Waals surface area contributed by atoms with E-state index in [9.17, 15) is 9.90 Å². The molecule has 0 aromatic carbocycles. The minimum absolute atomic E-state index is 0.108. The number of rotatable bonds is 1. The van der Waals surface area contributed by atoms with E-state index >= 15 is 0 Å². The summed E-state index contributed by atoms with van der Waals surface area (Å²) in [6.45, 7) is 7.36. The molecule has 2 atom stereocenters. The molecule has 2 rings (SSSR count). The van der Waals surface area contributed by atoms with Gasteiger partial charge in [-0.2, -0.15) is 0 Å². The van der Waals surface area contributed by atoms with E-state index < -0.39 is 17.8 Å².